The van der Waals surface area contributed by atoms with Crippen molar-refractivity contribution in [2.24, 2.45) is 5.92 Å². The van der Waals surface area contributed by atoms with Gasteiger partial charge in [-0.3, -0.25) is 9.59 Å². The van der Waals surface area contributed by atoms with Gasteiger partial charge in [0.2, 0.25) is 11.8 Å². The molecule has 1 rings (SSSR count). The summed E-state index contributed by atoms with van der Waals surface area (Å²) < 4.78 is 12.8. The summed E-state index contributed by atoms with van der Waals surface area (Å²) >= 11 is 0. The molecule has 0 unspecified atom stereocenters. The van der Waals surface area contributed by atoms with Gasteiger partial charge < -0.3 is 15.7 Å². The van der Waals surface area contributed by atoms with Gasteiger partial charge in [0.15, 0.2) is 0 Å². The Balaban J connectivity index is 2.40. The number of rotatable bonds is 8. The van der Waals surface area contributed by atoms with Gasteiger partial charge >= 0.3 is 5.97 Å². The Hall–Kier alpha value is -2.44. The Morgan fingerprint density at radius 3 is 2.26 bits per heavy atom. The van der Waals surface area contributed by atoms with Crippen molar-refractivity contribution in [2.45, 2.75) is 32.7 Å². The number of hydrogen-bond donors (Lipinski definition) is 3. The average Bonchev–Trinajstić information content (AvgIpc) is 2.46. The monoisotopic (exact) mass is 324 g/mol. The lowest BCUT2D eigenvalue weighted by molar-refractivity contribution is -0.142. The first kappa shape index (κ1) is 18.6. The second-order valence-electron chi connectivity index (χ2n) is 5.67. The van der Waals surface area contributed by atoms with Gasteiger partial charge in [0.25, 0.3) is 0 Å². The van der Waals surface area contributed by atoms with Crippen LogP contribution in [0.5, 0.6) is 0 Å². The summed E-state index contributed by atoms with van der Waals surface area (Å²) in [5.74, 6) is -2.35. The van der Waals surface area contributed by atoms with E-state index in [1.54, 1.807) is 0 Å². The SMILES string of the molecule is CC(C)C[C@H](NC(=O)CNC(=O)Cc1ccc(F)cc1)C(=O)O. The van der Waals surface area contributed by atoms with Crippen LogP contribution in [0.15, 0.2) is 24.3 Å². The largest absolute Gasteiger partial charge is 0.480 e. The van der Waals surface area contributed by atoms with E-state index in [0.717, 1.165) is 0 Å². The van der Waals surface area contributed by atoms with Crippen LogP contribution in [0.3, 0.4) is 0 Å². The average molecular weight is 324 g/mol. The molecule has 3 N–H and O–H groups in total. The third-order valence-electron chi connectivity index (χ3n) is 3.06. The number of nitrogens with one attached hydrogen (secondary N) is 2. The fourth-order valence-corrected chi connectivity index (χ4v) is 1.97. The number of carboxylic acid groups (broad SMARTS) is 1. The standard InChI is InChI=1S/C16H21FN2O4/c1-10(2)7-13(16(22)23)19-15(21)9-18-14(20)8-11-3-5-12(17)6-4-11/h3-6,10,13H,7-9H2,1-2H3,(H,18,20)(H,19,21)(H,22,23)/t13-/m0/s1. The quantitative estimate of drug-likeness (QED) is 0.667. The summed E-state index contributed by atoms with van der Waals surface area (Å²) in [6.45, 7) is 3.40. The predicted octanol–water partition coefficient (Wildman–Crippen LogP) is 1.10. The number of carboxylic acids is 1. The lowest BCUT2D eigenvalue weighted by atomic mass is 10.0. The fraction of sp³-hybridized carbons (Fsp3) is 0.438. The third kappa shape index (κ3) is 7.39. The molecule has 0 aliphatic heterocycles. The summed E-state index contributed by atoms with van der Waals surface area (Å²) in [6.07, 6.45) is 0.326. The molecule has 0 bridgehead atoms. The van der Waals surface area contributed by atoms with Crippen molar-refractivity contribution in [3.8, 4) is 0 Å². The Morgan fingerprint density at radius 2 is 1.74 bits per heavy atom. The molecular formula is C16H21FN2O4. The Morgan fingerprint density at radius 1 is 1.13 bits per heavy atom. The highest BCUT2D eigenvalue weighted by molar-refractivity contribution is 5.88. The van der Waals surface area contributed by atoms with E-state index in [0.29, 0.717) is 12.0 Å². The normalized spacial score (nSPS) is 11.8. The zero-order chi connectivity index (χ0) is 17.4. The molecule has 1 atom stereocenters. The van der Waals surface area contributed by atoms with E-state index in [9.17, 15) is 18.8 Å². The van der Waals surface area contributed by atoms with Crippen molar-refractivity contribution in [1.29, 1.82) is 0 Å². The second kappa shape index (κ2) is 8.87. The maximum atomic E-state index is 12.8. The maximum Gasteiger partial charge on any atom is 0.326 e. The molecule has 1 aromatic carbocycles. The number of benzene rings is 1. The van der Waals surface area contributed by atoms with Gasteiger partial charge in [-0.2, -0.15) is 0 Å². The van der Waals surface area contributed by atoms with Crippen molar-refractivity contribution in [3.05, 3.63) is 35.6 Å². The molecular weight excluding hydrogens is 303 g/mol. The molecule has 0 saturated heterocycles. The van der Waals surface area contributed by atoms with E-state index < -0.39 is 29.6 Å². The molecule has 1 aromatic rings. The van der Waals surface area contributed by atoms with E-state index in [1.165, 1.54) is 24.3 Å². The highest BCUT2D eigenvalue weighted by atomic mass is 19.1. The number of aliphatic carboxylic acids is 1. The molecule has 2 amide bonds. The van der Waals surface area contributed by atoms with Crippen LogP contribution in [0.2, 0.25) is 0 Å². The van der Waals surface area contributed by atoms with Crippen molar-refractivity contribution >= 4 is 17.8 Å². The smallest absolute Gasteiger partial charge is 0.326 e. The fourth-order valence-electron chi connectivity index (χ4n) is 1.97. The van der Waals surface area contributed by atoms with Crippen LogP contribution in [-0.2, 0) is 20.8 Å². The molecule has 6 nitrogen and oxygen atoms in total. The Kier molecular flexibility index (Phi) is 7.18. The van der Waals surface area contributed by atoms with Gasteiger partial charge in [-0.15, -0.1) is 0 Å². The van der Waals surface area contributed by atoms with Gasteiger partial charge in [-0.1, -0.05) is 26.0 Å². The van der Waals surface area contributed by atoms with E-state index in [1.807, 2.05) is 13.8 Å². The first-order chi connectivity index (χ1) is 10.8. The molecule has 126 valence electrons. The zero-order valence-electron chi connectivity index (χ0n) is 13.1. The van der Waals surface area contributed by atoms with E-state index >= 15 is 0 Å². The van der Waals surface area contributed by atoms with Crippen molar-refractivity contribution in [1.82, 2.24) is 10.6 Å². The van der Waals surface area contributed by atoms with E-state index in [2.05, 4.69) is 10.6 Å². The highest BCUT2D eigenvalue weighted by Crippen LogP contribution is 2.05. The first-order valence-corrected chi connectivity index (χ1v) is 7.31. The summed E-state index contributed by atoms with van der Waals surface area (Å²) in [5, 5.41) is 13.8. The number of carbonyl (C=O) groups is 3. The van der Waals surface area contributed by atoms with Crippen LogP contribution >= 0.6 is 0 Å². The first-order valence-electron chi connectivity index (χ1n) is 7.31. The van der Waals surface area contributed by atoms with E-state index in [4.69, 9.17) is 5.11 Å². The highest BCUT2D eigenvalue weighted by Gasteiger charge is 2.21. The molecule has 0 aliphatic carbocycles. The van der Waals surface area contributed by atoms with Crippen molar-refractivity contribution < 1.29 is 23.9 Å². The topological polar surface area (TPSA) is 95.5 Å². The summed E-state index contributed by atoms with van der Waals surface area (Å²) in [6, 6.07) is 4.49. The van der Waals surface area contributed by atoms with Gasteiger partial charge in [-0.25, -0.2) is 9.18 Å². The van der Waals surface area contributed by atoms with Crippen LogP contribution in [0.25, 0.3) is 0 Å². The molecule has 0 aromatic heterocycles. The number of amides is 2. The third-order valence-corrected chi connectivity index (χ3v) is 3.06. The van der Waals surface area contributed by atoms with E-state index in [-0.39, 0.29) is 18.9 Å². The zero-order valence-corrected chi connectivity index (χ0v) is 13.1. The maximum absolute atomic E-state index is 12.8. The van der Waals surface area contributed by atoms with Crippen LogP contribution in [-0.4, -0.2) is 35.5 Å². The predicted molar refractivity (Wildman–Crippen MR) is 82.1 cm³/mol. The minimum atomic E-state index is -1.11. The van der Waals surface area contributed by atoms with Gasteiger partial charge in [-0.05, 0) is 30.0 Å². The van der Waals surface area contributed by atoms with Crippen LogP contribution in [0.4, 0.5) is 4.39 Å². The van der Waals surface area contributed by atoms with Crippen LogP contribution < -0.4 is 10.6 Å². The molecule has 0 fully saturated rings. The molecule has 23 heavy (non-hydrogen) atoms. The second-order valence-corrected chi connectivity index (χ2v) is 5.67. The van der Waals surface area contributed by atoms with Crippen LogP contribution in [0, 0.1) is 11.7 Å². The molecule has 0 spiro atoms. The lowest BCUT2D eigenvalue weighted by Gasteiger charge is -2.16. The Bertz CT molecular complexity index is 558. The number of carbonyl (C=O) groups excluding carboxylic acids is 2. The molecule has 0 heterocycles. The minimum absolute atomic E-state index is 0.0158. The summed E-state index contributed by atoms with van der Waals surface area (Å²) in [4.78, 5) is 34.4. The number of hydrogen-bond acceptors (Lipinski definition) is 3. The molecule has 0 aliphatic rings. The molecule has 0 radical (unpaired) electrons. The van der Waals surface area contributed by atoms with Crippen molar-refractivity contribution in [3.63, 3.8) is 0 Å². The summed E-state index contributed by atoms with van der Waals surface area (Å²) in [5.41, 5.74) is 0.618. The van der Waals surface area contributed by atoms with Crippen LogP contribution in [0.1, 0.15) is 25.8 Å². The summed E-state index contributed by atoms with van der Waals surface area (Å²) in [7, 11) is 0. The number of halogens is 1. The van der Waals surface area contributed by atoms with Crippen molar-refractivity contribution in [2.75, 3.05) is 6.54 Å². The van der Waals surface area contributed by atoms with Gasteiger partial charge in [0, 0.05) is 0 Å². The van der Waals surface area contributed by atoms with Gasteiger partial charge in [0.1, 0.15) is 11.9 Å². The Labute approximate surface area is 134 Å². The molecule has 0 saturated carbocycles. The minimum Gasteiger partial charge on any atom is -0.480 e. The lowest BCUT2D eigenvalue weighted by Crippen LogP contribution is -2.46. The van der Waals surface area contributed by atoms with Gasteiger partial charge in [0.05, 0.1) is 13.0 Å². The molecule has 7 heteroatoms.